The molecule has 1 fully saturated rings. The van der Waals surface area contributed by atoms with Crippen LogP contribution >= 0.6 is 0 Å². The van der Waals surface area contributed by atoms with Gasteiger partial charge in [-0.1, -0.05) is 0 Å². The summed E-state index contributed by atoms with van der Waals surface area (Å²) < 4.78 is 7.17. The first-order valence-corrected chi connectivity index (χ1v) is 7.69. The highest BCUT2D eigenvalue weighted by Gasteiger charge is 2.26. The first kappa shape index (κ1) is 14.8. The zero-order valence-electron chi connectivity index (χ0n) is 13.1. The van der Waals surface area contributed by atoms with Crippen LogP contribution in [-0.4, -0.2) is 51.7 Å². The monoisotopic (exact) mass is 302 g/mol. The van der Waals surface area contributed by atoms with Crippen molar-refractivity contribution in [3.63, 3.8) is 0 Å². The molecule has 1 unspecified atom stereocenters. The van der Waals surface area contributed by atoms with Gasteiger partial charge in [0.2, 0.25) is 5.91 Å². The molecule has 0 bridgehead atoms. The molecule has 6 nitrogen and oxygen atoms in total. The molecule has 0 aromatic carbocycles. The van der Waals surface area contributed by atoms with Gasteiger partial charge in [-0.3, -0.25) is 14.4 Å². The van der Waals surface area contributed by atoms with Crippen LogP contribution in [0.15, 0.2) is 35.1 Å². The van der Waals surface area contributed by atoms with Crippen molar-refractivity contribution in [1.29, 1.82) is 0 Å². The van der Waals surface area contributed by atoms with Gasteiger partial charge in [-0.25, -0.2) is 0 Å². The molecule has 0 saturated carbocycles. The Morgan fingerprint density at radius 1 is 1.32 bits per heavy atom. The van der Waals surface area contributed by atoms with Crippen LogP contribution in [0.1, 0.15) is 24.4 Å². The molecule has 0 N–H and O–H groups in total. The van der Waals surface area contributed by atoms with Gasteiger partial charge in [-0.2, -0.15) is 5.10 Å². The summed E-state index contributed by atoms with van der Waals surface area (Å²) in [7, 11) is 0. The van der Waals surface area contributed by atoms with Crippen molar-refractivity contribution in [1.82, 2.24) is 19.6 Å². The average Bonchev–Trinajstić information content (AvgIpc) is 3.18. The molecule has 0 radical (unpaired) electrons. The third-order valence-electron chi connectivity index (χ3n) is 4.24. The van der Waals surface area contributed by atoms with Gasteiger partial charge in [0.1, 0.15) is 11.8 Å². The minimum absolute atomic E-state index is 0.143. The highest BCUT2D eigenvalue weighted by Crippen LogP contribution is 2.15. The number of rotatable bonds is 4. The van der Waals surface area contributed by atoms with E-state index in [1.54, 1.807) is 17.1 Å². The van der Waals surface area contributed by atoms with Gasteiger partial charge in [0.05, 0.1) is 12.8 Å². The fourth-order valence-corrected chi connectivity index (χ4v) is 2.90. The van der Waals surface area contributed by atoms with E-state index in [1.807, 2.05) is 36.9 Å². The summed E-state index contributed by atoms with van der Waals surface area (Å²) in [5, 5.41) is 4.24. The lowest BCUT2D eigenvalue weighted by Gasteiger charge is -2.35. The van der Waals surface area contributed by atoms with Crippen LogP contribution in [0.5, 0.6) is 0 Å². The Labute approximate surface area is 130 Å². The predicted molar refractivity (Wildman–Crippen MR) is 82.2 cm³/mol. The SMILES string of the molecule is Cc1ccnn1C(C)C(=O)N1CCN(Cc2ccco2)CC1. The quantitative estimate of drug-likeness (QED) is 0.862. The highest BCUT2D eigenvalue weighted by atomic mass is 16.3. The lowest BCUT2D eigenvalue weighted by atomic mass is 10.2. The maximum Gasteiger partial charge on any atom is 0.247 e. The molecule has 1 aliphatic rings. The molecule has 1 aliphatic heterocycles. The zero-order chi connectivity index (χ0) is 15.5. The highest BCUT2D eigenvalue weighted by molar-refractivity contribution is 5.80. The average molecular weight is 302 g/mol. The van der Waals surface area contributed by atoms with Gasteiger partial charge in [0.15, 0.2) is 0 Å². The van der Waals surface area contributed by atoms with Gasteiger partial charge < -0.3 is 9.32 Å². The number of carbonyl (C=O) groups is 1. The normalized spacial score (nSPS) is 17.6. The number of piperazine rings is 1. The van der Waals surface area contributed by atoms with Crippen molar-refractivity contribution in [3.05, 3.63) is 42.1 Å². The molecular formula is C16H22N4O2. The summed E-state index contributed by atoms with van der Waals surface area (Å²) in [4.78, 5) is 16.8. The summed E-state index contributed by atoms with van der Waals surface area (Å²) in [6.07, 6.45) is 3.43. The smallest absolute Gasteiger partial charge is 0.247 e. The van der Waals surface area contributed by atoms with Crippen molar-refractivity contribution in [2.75, 3.05) is 26.2 Å². The topological polar surface area (TPSA) is 54.5 Å². The Kier molecular flexibility index (Phi) is 4.29. The van der Waals surface area contributed by atoms with Gasteiger partial charge in [0, 0.05) is 38.1 Å². The number of nitrogens with zero attached hydrogens (tertiary/aromatic N) is 4. The van der Waals surface area contributed by atoms with E-state index in [1.165, 1.54) is 0 Å². The molecule has 22 heavy (non-hydrogen) atoms. The number of furan rings is 1. The third-order valence-corrected chi connectivity index (χ3v) is 4.24. The molecule has 2 aromatic heterocycles. The van der Waals surface area contributed by atoms with Crippen molar-refractivity contribution in [3.8, 4) is 0 Å². The number of hydrogen-bond donors (Lipinski definition) is 0. The largest absolute Gasteiger partial charge is 0.468 e. The minimum atomic E-state index is -0.244. The number of aryl methyl sites for hydroxylation is 1. The molecule has 0 spiro atoms. The predicted octanol–water partition coefficient (Wildman–Crippen LogP) is 1.69. The second kappa shape index (κ2) is 6.36. The van der Waals surface area contributed by atoms with Crippen molar-refractivity contribution in [2.45, 2.75) is 26.4 Å². The van der Waals surface area contributed by atoms with Gasteiger partial charge in [-0.05, 0) is 32.0 Å². The summed E-state index contributed by atoms with van der Waals surface area (Å²) >= 11 is 0. The Bertz CT molecular complexity index is 612. The second-order valence-electron chi connectivity index (χ2n) is 5.77. The molecule has 118 valence electrons. The first-order chi connectivity index (χ1) is 10.6. The molecule has 3 heterocycles. The summed E-state index contributed by atoms with van der Waals surface area (Å²) in [6, 6.07) is 5.57. The second-order valence-corrected chi connectivity index (χ2v) is 5.77. The number of amides is 1. The van der Waals surface area contributed by atoms with E-state index in [9.17, 15) is 4.79 Å². The van der Waals surface area contributed by atoms with Crippen LogP contribution in [0.25, 0.3) is 0 Å². The lowest BCUT2D eigenvalue weighted by Crippen LogP contribution is -2.50. The summed E-state index contributed by atoms with van der Waals surface area (Å²) in [6.45, 7) is 7.95. The van der Waals surface area contributed by atoms with Crippen molar-refractivity contribution in [2.24, 2.45) is 0 Å². The van der Waals surface area contributed by atoms with E-state index in [2.05, 4.69) is 10.00 Å². The molecule has 2 aromatic rings. The van der Waals surface area contributed by atoms with E-state index in [-0.39, 0.29) is 11.9 Å². The van der Waals surface area contributed by atoms with E-state index in [0.29, 0.717) is 0 Å². The number of carbonyl (C=O) groups excluding carboxylic acids is 1. The molecule has 6 heteroatoms. The van der Waals surface area contributed by atoms with Crippen LogP contribution in [0.2, 0.25) is 0 Å². The van der Waals surface area contributed by atoms with E-state index >= 15 is 0 Å². The van der Waals surface area contributed by atoms with E-state index in [0.717, 1.165) is 44.2 Å². The fourth-order valence-electron chi connectivity index (χ4n) is 2.90. The van der Waals surface area contributed by atoms with Crippen molar-refractivity contribution < 1.29 is 9.21 Å². The molecule has 0 aliphatic carbocycles. The zero-order valence-corrected chi connectivity index (χ0v) is 13.1. The number of aromatic nitrogens is 2. The molecule has 3 rings (SSSR count). The van der Waals surface area contributed by atoms with Crippen LogP contribution < -0.4 is 0 Å². The summed E-state index contributed by atoms with van der Waals surface area (Å²) in [5.74, 6) is 1.12. The molecule has 1 saturated heterocycles. The maximum atomic E-state index is 12.6. The van der Waals surface area contributed by atoms with Gasteiger partial charge >= 0.3 is 0 Å². The van der Waals surface area contributed by atoms with Crippen LogP contribution in [0.3, 0.4) is 0 Å². The Balaban J connectivity index is 1.54. The Hall–Kier alpha value is -2.08. The Morgan fingerprint density at radius 3 is 2.68 bits per heavy atom. The first-order valence-electron chi connectivity index (χ1n) is 7.69. The fraction of sp³-hybridized carbons (Fsp3) is 0.500. The van der Waals surface area contributed by atoms with E-state index < -0.39 is 0 Å². The van der Waals surface area contributed by atoms with Crippen LogP contribution in [-0.2, 0) is 11.3 Å². The van der Waals surface area contributed by atoms with Crippen LogP contribution in [0, 0.1) is 6.92 Å². The molecule has 1 amide bonds. The lowest BCUT2D eigenvalue weighted by molar-refractivity contribution is -0.136. The third kappa shape index (κ3) is 3.06. The maximum absolute atomic E-state index is 12.6. The summed E-state index contributed by atoms with van der Waals surface area (Å²) in [5.41, 5.74) is 1.01. The molecular weight excluding hydrogens is 280 g/mol. The van der Waals surface area contributed by atoms with Gasteiger partial charge in [0.25, 0.3) is 0 Å². The number of hydrogen-bond acceptors (Lipinski definition) is 4. The molecule has 1 atom stereocenters. The standard InChI is InChI=1S/C16H22N4O2/c1-13-5-6-17-20(13)14(2)16(21)19-9-7-18(8-10-19)12-15-4-3-11-22-15/h3-6,11,14H,7-10,12H2,1-2H3. The van der Waals surface area contributed by atoms with Gasteiger partial charge in [-0.15, -0.1) is 0 Å². The van der Waals surface area contributed by atoms with Crippen molar-refractivity contribution >= 4 is 5.91 Å². The van der Waals surface area contributed by atoms with E-state index in [4.69, 9.17) is 4.42 Å². The Morgan fingerprint density at radius 2 is 2.09 bits per heavy atom. The van der Waals surface area contributed by atoms with Crippen LogP contribution in [0.4, 0.5) is 0 Å². The minimum Gasteiger partial charge on any atom is -0.468 e.